The Morgan fingerprint density at radius 3 is 2.75 bits per heavy atom. The zero-order valence-electron chi connectivity index (χ0n) is 13.7. The predicted molar refractivity (Wildman–Crippen MR) is 96.9 cm³/mol. The number of anilines is 1. The highest BCUT2D eigenvalue weighted by Crippen LogP contribution is 2.32. The van der Waals surface area contributed by atoms with Gasteiger partial charge in [0, 0.05) is 30.3 Å². The van der Waals surface area contributed by atoms with E-state index in [4.69, 9.17) is 0 Å². The topological polar surface area (TPSA) is 82.7 Å². The fraction of sp³-hybridized carbons (Fsp3) is 0.588. The van der Waals surface area contributed by atoms with E-state index < -0.39 is 0 Å². The van der Waals surface area contributed by atoms with Crippen LogP contribution in [-0.4, -0.2) is 39.9 Å². The van der Waals surface area contributed by atoms with E-state index in [1.54, 1.807) is 6.33 Å². The Labute approximate surface area is 147 Å². The molecule has 0 spiro atoms. The van der Waals surface area contributed by atoms with Crippen LogP contribution in [0.3, 0.4) is 0 Å². The molecule has 2 aromatic rings. The summed E-state index contributed by atoms with van der Waals surface area (Å²) in [4.78, 5) is 24.7. The number of Topliss-reactive ketones (excluding diaryl/α,β-unsaturated/α-hetero) is 1. The van der Waals surface area contributed by atoms with E-state index in [1.807, 2.05) is 6.20 Å². The van der Waals surface area contributed by atoms with Gasteiger partial charge in [-0.3, -0.25) is 4.79 Å². The molecule has 4 rings (SSSR count). The molecule has 3 heterocycles. The van der Waals surface area contributed by atoms with Crippen molar-refractivity contribution in [2.45, 2.75) is 44.6 Å². The van der Waals surface area contributed by atoms with Gasteiger partial charge in [0.05, 0.1) is 5.39 Å². The van der Waals surface area contributed by atoms with Crippen molar-refractivity contribution < 1.29 is 4.79 Å². The van der Waals surface area contributed by atoms with Crippen molar-refractivity contribution in [1.82, 2.24) is 20.3 Å². The van der Waals surface area contributed by atoms with E-state index in [-0.39, 0.29) is 24.1 Å². The van der Waals surface area contributed by atoms with Crippen molar-refractivity contribution >= 4 is 35.0 Å². The minimum absolute atomic E-state index is 0. The third-order valence-corrected chi connectivity index (χ3v) is 5.10. The van der Waals surface area contributed by atoms with Crippen LogP contribution in [0.5, 0.6) is 0 Å². The number of hydrogen-bond donors (Lipinski definition) is 3. The van der Waals surface area contributed by atoms with Crippen LogP contribution in [0.2, 0.25) is 0 Å². The molecule has 2 aliphatic rings. The second-order valence-corrected chi connectivity index (χ2v) is 6.68. The molecule has 1 aliphatic carbocycles. The highest BCUT2D eigenvalue weighted by Gasteiger charge is 2.27. The molecule has 0 amide bonds. The number of piperidine rings is 1. The number of aromatic amines is 1. The monoisotopic (exact) mass is 349 g/mol. The number of H-pyrrole nitrogens is 1. The minimum atomic E-state index is 0. The van der Waals surface area contributed by atoms with Crippen LogP contribution in [0.4, 0.5) is 5.82 Å². The SMILES string of the molecule is Cl.O=C(c1c[nH]c2ncnc(NC3CCCNC3)c12)C1CCCC1. The lowest BCUT2D eigenvalue weighted by Gasteiger charge is -2.24. The molecule has 24 heavy (non-hydrogen) atoms. The van der Waals surface area contributed by atoms with Crippen LogP contribution < -0.4 is 10.6 Å². The summed E-state index contributed by atoms with van der Waals surface area (Å²) in [7, 11) is 0. The van der Waals surface area contributed by atoms with Gasteiger partial charge < -0.3 is 15.6 Å². The van der Waals surface area contributed by atoms with Crippen molar-refractivity contribution in [2.24, 2.45) is 5.92 Å². The van der Waals surface area contributed by atoms with Gasteiger partial charge in [-0.25, -0.2) is 9.97 Å². The Balaban J connectivity index is 0.00000169. The first kappa shape index (κ1) is 17.2. The third-order valence-electron chi connectivity index (χ3n) is 5.10. The number of ketones is 1. The fourth-order valence-corrected chi connectivity index (χ4v) is 3.84. The van der Waals surface area contributed by atoms with Crippen molar-refractivity contribution in [2.75, 3.05) is 18.4 Å². The van der Waals surface area contributed by atoms with Crippen molar-refractivity contribution in [3.8, 4) is 0 Å². The zero-order valence-corrected chi connectivity index (χ0v) is 14.5. The standard InChI is InChI=1S/C17H23N5O.ClH/c23-15(11-4-1-2-5-11)13-9-19-16-14(13)17(21-10-20-16)22-12-6-3-7-18-8-12;/h9-12,18H,1-8H2,(H2,19,20,21,22);1H. The molecule has 130 valence electrons. The number of nitrogens with zero attached hydrogens (tertiary/aromatic N) is 2. The number of aromatic nitrogens is 3. The van der Waals surface area contributed by atoms with Crippen LogP contribution in [0.1, 0.15) is 48.9 Å². The van der Waals surface area contributed by atoms with Crippen LogP contribution >= 0.6 is 12.4 Å². The first-order valence-electron chi connectivity index (χ1n) is 8.66. The summed E-state index contributed by atoms with van der Waals surface area (Å²) in [6.07, 6.45) is 9.98. The van der Waals surface area contributed by atoms with E-state index in [0.29, 0.717) is 6.04 Å². The van der Waals surface area contributed by atoms with Crippen molar-refractivity contribution in [3.05, 3.63) is 18.1 Å². The third kappa shape index (κ3) is 3.26. The molecule has 1 saturated carbocycles. The number of hydrogen-bond acceptors (Lipinski definition) is 5. The lowest BCUT2D eigenvalue weighted by molar-refractivity contribution is 0.0924. The van der Waals surface area contributed by atoms with E-state index >= 15 is 0 Å². The lowest BCUT2D eigenvalue weighted by atomic mass is 9.96. The number of halogens is 1. The number of carbonyl (C=O) groups excluding carboxylic acids is 1. The maximum atomic E-state index is 12.9. The first-order chi connectivity index (χ1) is 11.3. The average molecular weight is 350 g/mol. The minimum Gasteiger partial charge on any atom is -0.365 e. The molecule has 3 N–H and O–H groups in total. The Kier molecular flexibility index (Phi) is 5.36. The number of nitrogens with one attached hydrogen (secondary N) is 3. The normalized spacial score (nSPS) is 21.6. The maximum Gasteiger partial charge on any atom is 0.168 e. The van der Waals surface area contributed by atoms with Gasteiger partial charge in [0.2, 0.25) is 0 Å². The summed E-state index contributed by atoms with van der Waals surface area (Å²) in [6.45, 7) is 2.01. The molecule has 0 aromatic carbocycles. The van der Waals surface area contributed by atoms with E-state index in [0.717, 1.165) is 74.0 Å². The van der Waals surface area contributed by atoms with Crippen LogP contribution in [0.15, 0.2) is 12.5 Å². The Morgan fingerprint density at radius 1 is 1.17 bits per heavy atom. The Hall–Kier alpha value is -1.66. The molecular weight excluding hydrogens is 326 g/mol. The van der Waals surface area contributed by atoms with Gasteiger partial charge in [-0.15, -0.1) is 12.4 Å². The van der Waals surface area contributed by atoms with Crippen LogP contribution in [-0.2, 0) is 0 Å². The van der Waals surface area contributed by atoms with Gasteiger partial charge in [-0.05, 0) is 32.2 Å². The molecule has 1 aliphatic heterocycles. The maximum absolute atomic E-state index is 12.9. The molecule has 1 saturated heterocycles. The molecule has 2 fully saturated rings. The van der Waals surface area contributed by atoms with Crippen LogP contribution in [0, 0.1) is 5.92 Å². The van der Waals surface area contributed by atoms with Gasteiger partial charge >= 0.3 is 0 Å². The zero-order chi connectivity index (χ0) is 15.6. The molecular formula is C17H24ClN5O. The van der Waals surface area contributed by atoms with Crippen LogP contribution in [0.25, 0.3) is 11.0 Å². The summed E-state index contributed by atoms with van der Waals surface area (Å²) in [5.74, 6) is 1.19. The van der Waals surface area contributed by atoms with Gasteiger partial charge in [-0.2, -0.15) is 0 Å². The van der Waals surface area contributed by atoms with Crippen molar-refractivity contribution in [3.63, 3.8) is 0 Å². The van der Waals surface area contributed by atoms with E-state index in [9.17, 15) is 4.79 Å². The Bertz CT molecular complexity index is 704. The summed E-state index contributed by atoms with van der Waals surface area (Å²) < 4.78 is 0. The van der Waals surface area contributed by atoms with E-state index in [1.165, 1.54) is 0 Å². The second kappa shape index (κ2) is 7.49. The van der Waals surface area contributed by atoms with Gasteiger partial charge in [-0.1, -0.05) is 12.8 Å². The van der Waals surface area contributed by atoms with Gasteiger partial charge in [0.15, 0.2) is 5.78 Å². The van der Waals surface area contributed by atoms with Crippen molar-refractivity contribution in [1.29, 1.82) is 0 Å². The van der Waals surface area contributed by atoms with E-state index in [2.05, 4.69) is 25.6 Å². The number of rotatable bonds is 4. The molecule has 7 heteroatoms. The molecule has 1 unspecified atom stereocenters. The highest BCUT2D eigenvalue weighted by molar-refractivity contribution is 6.11. The average Bonchev–Trinajstić information content (AvgIpc) is 3.26. The lowest BCUT2D eigenvalue weighted by Crippen LogP contribution is -2.38. The highest BCUT2D eigenvalue weighted by atomic mass is 35.5. The molecule has 6 nitrogen and oxygen atoms in total. The molecule has 0 radical (unpaired) electrons. The summed E-state index contributed by atoms with van der Waals surface area (Å²) >= 11 is 0. The summed E-state index contributed by atoms with van der Waals surface area (Å²) in [6, 6.07) is 0.353. The first-order valence-corrected chi connectivity index (χ1v) is 8.66. The van der Waals surface area contributed by atoms with Gasteiger partial charge in [0.1, 0.15) is 17.8 Å². The molecule has 0 bridgehead atoms. The van der Waals surface area contributed by atoms with Gasteiger partial charge in [0.25, 0.3) is 0 Å². The number of carbonyl (C=O) groups is 1. The molecule has 2 aromatic heterocycles. The predicted octanol–water partition coefficient (Wildman–Crippen LogP) is 2.92. The fourth-order valence-electron chi connectivity index (χ4n) is 3.84. The smallest absolute Gasteiger partial charge is 0.168 e. The quantitative estimate of drug-likeness (QED) is 0.739. The summed E-state index contributed by atoms with van der Waals surface area (Å²) in [5, 5.41) is 7.76. The Morgan fingerprint density at radius 2 is 2.00 bits per heavy atom. The number of fused-ring (bicyclic) bond motifs is 1. The largest absolute Gasteiger partial charge is 0.365 e. The molecule has 1 atom stereocenters. The second-order valence-electron chi connectivity index (χ2n) is 6.68. The summed E-state index contributed by atoms with van der Waals surface area (Å²) in [5.41, 5.74) is 1.49.